The van der Waals surface area contributed by atoms with Gasteiger partial charge in [-0.25, -0.2) is 0 Å². The Bertz CT molecular complexity index is 494. The van der Waals surface area contributed by atoms with Gasteiger partial charge in [-0.3, -0.25) is 0 Å². The van der Waals surface area contributed by atoms with Gasteiger partial charge in [0.05, 0.1) is 0 Å². The Morgan fingerprint density at radius 3 is 2.19 bits per heavy atom. The van der Waals surface area contributed by atoms with E-state index in [1.54, 1.807) is 0 Å². The van der Waals surface area contributed by atoms with Crippen LogP contribution >= 0.6 is 0 Å². The molecule has 0 spiro atoms. The standard InChI is InChI=1S/C15H19N/c1-15(2,3)14(16)13-9-8-11-6-4-5-7-12(11)10-13/h4-10,14H,16H2,1-3H3. The van der Waals surface area contributed by atoms with E-state index in [4.69, 9.17) is 5.73 Å². The predicted molar refractivity (Wildman–Crippen MR) is 70.3 cm³/mol. The van der Waals surface area contributed by atoms with Crippen molar-refractivity contribution in [2.45, 2.75) is 26.8 Å². The van der Waals surface area contributed by atoms with E-state index in [9.17, 15) is 0 Å². The summed E-state index contributed by atoms with van der Waals surface area (Å²) in [6.07, 6.45) is 0. The molecule has 2 aromatic rings. The van der Waals surface area contributed by atoms with Gasteiger partial charge < -0.3 is 5.73 Å². The molecule has 0 aliphatic rings. The van der Waals surface area contributed by atoms with Gasteiger partial charge in [-0.05, 0) is 27.8 Å². The van der Waals surface area contributed by atoms with Crippen LogP contribution in [0.2, 0.25) is 0 Å². The van der Waals surface area contributed by atoms with Gasteiger partial charge >= 0.3 is 0 Å². The highest BCUT2D eigenvalue weighted by atomic mass is 14.7. The molecule has 0 heterocycles. The van der Waals surface area contributed by atoms with Crippen LogP contribution in [0.3, 0.4) is 0 Å². The zero-order chi connectivity index (χ0) is 11.8. The molecule has 1 heteroatoms. The van der Waals surface area contributed by atoms with Crippen LogP contribution in [0, 0.1) is 5.41 Å². The third-order valence-electron chi connectivity index (χ3n) is 3.07. The van der Waals surface area contributed by atoms with Gasteiger partial charge in [-0.15, -0.1) is 0 Å². The van der Waals surface area contributed by atoms with Gasteiger partial charge in [-0.1, -0.05) is 57.2 Å². The van der Waals surface area contributed by atoms with E-state index in [-0.39, 0.29) is 11.5 Å². The molecule has 0 saturated carbocycles. The normalized spacial score (nSPS) is 14.0. The van der Waals surface area contributed by atoms with Crippen molar-refractivity contribution in [3.05, 3.63) is 48.0 Å². The molecule has 0 radical (unpaired) electrons. The van der Waals surface area contributed by atoms with Gasteiger partial charge in [0, 0.05) is 6.04 Å². The van der Waals surface area contributed by atoms with E-state index in [1.807, 2.05) is 0 Å². The molecule has 0 aliphatic carbocycles. The second kappa shape index (κ2) is 3.91. The molecule has 0 saturated heterocycles. The summed E-state index contributed by atoms with van der Waals surface area (Å²) in [5.41, 5.74) is 7.58. The predicted octanol–water partition coefficient (Wildman–Crippen LogP) is 3.89. The Kier molecular flexibility index (Phi) is 2.73. The first-order valence-electron chi connectivity index (χ1n) is 5.73. The average molecular weight is 213 g/mol. The molecule has 0 amide bonds. The van der Waals surface area contributed by atoms with Crippen LogP contribution in [0.25, 0.3) is 10.8 Å². The summed E-state index contributed by atoms with van der Waals surface area (Å²) in [5, 5.41) is 2.53. The van der Waals surface area contributed by atoms with Gasteiger partial charge in [0.25, 0.3) is 0 Å². The van der Waals surface area contributed by atoms with Crippen molar-refractivity contribution in [1.82, 2.24) is 0 Å². The monoisotopic (exact) mass is 213 g/mol. The van der Waals surface area contributed by atoms with Crippen molar-refractivity contribution >= 4 is 10.8 Å². The molecule has 1 nitrogen and oxygen atoms in total. The molecule has 0 fully saturated rings. The van der Waals surface area contributed by atoms with Gasteiger partial charge in [0.15, 0.2) is 0 Å². The Morgan fingerprint density at radius 1 is 0.938 bits per heavy atom. The first-order valence-corrected chi connectivity index (χ1v) is 5.73. The second-order valence-corrected chi connectivity index (χ2v) is 5.45. The quantitative estimate of drug-likeness (QED) is 0.764. The number of fused-ring (bicyclic) bond motifs is 1. The Hall–Kier alpha value is -1.34. The summed E-state index contributed by atoms with van der Waals surface area (Å²) in [6, 6.07) is 15.0. The zero-order valence-corrected chi connectivity index (χ0v) is 10.2. The fraction of sp³-hybridized carbons (Fsp3) is 0.333. The van der Waals surface area contributed by atoms with E-state index in [0.29, 0.717) is 0 Å². The van der Waals surface area contributed by atoms with Gasteiger partial charge in [0.1, 0.15) is 0 Å². The second-order valence-electron chi connectivity index (χ2n) is 5.45. The van der Waals surface area contributed by atoms with Crippen molar-refractivity contribution in [1.29, 1.82) is 0 Å². The number of rotatable bonds is 1. The van der Waals surface area contributed by atoms with E-state index >= 15 is 0 Å². The minimum absolute atomic E-state index is 0.0807. The molecule has 2 N–H and O–H groups in total. The summed E-state index contributed by atoms with van der Waals surface area (Å²) in [5.74, 6) is 0. The lowest BCUT2D eigenvalue weighted by molar-refractivity contribution is 0.327. The van der Waals surface area contributed by atoms with E-state index in [1.165, 1.54) is 16.3 Å². The van der Waals surface area contributed by atoms with Crippen molar-refractivity contribution in [3.8, 4) is 0 Å². The molecular weight excluding hydrogens is 194 g/mol. The third-order valence-corrected chi connectivity index (χ3v) is 3.07. The van der Waals surface area contributed by atoms with Crippen molar-refractivity contribution in [3.63, 3.8) is 0 Å². The fourth-order valence-electron chi connectivity index (χ4n) is 1.90. The molecule has 2 rings (SSSR count). The van der Waals surface area contributed by atoms with E-state index < -0.39 is 0 Å². The van der Waals surface area contributed by atoms with Crippen LogP contribution in [0.4, 0.5) is 0 Å². The van der Waals surface area contributed by atoms with Gasteiger partial charge in [-0.2, -0.15) is 0 Å². The Balaban J connectivity index is 2.47. The maximum absolute atomic E-state index is 6.26. The van der Waals surface area contributed by atoms with Crippen LogP contribution in [0.1, 0.15) is 32.4 Å². The van der Waals surface area contributed by atoms with Crippen LogP contribution in [0.5, 0.6) is 0 Å². The lowest BCUT2D eigenvalue weighted by atomic mass is 9.82. The molecule has 0 aromatic heterocycles. The SMILES string of the molecule is CC(C)(C)C(N)c1ccc2ccccc2c1. The van der Waals surface area contributed by atoms with E-state index in [2.05, 4.69) is 63.2 Å². The van der Waals surface area contributed by atoms with Crippen LogP contribution in [0.15, 0.2) is 42.5 Å². The minimum Gasteiger partial charge on any atom is -0.324 e. The van der Waals surface area contributed by atoms with E-state index in [0.717, 1.165) is 0 Å². The molecular formula is C15H19N. The van der Waals surface area contributed by atoms with Gasteiger partial charge in [0.2, 0.25) is 0 Å². The minimum atomic E-state index is 0.0807. The molecule has 0 aliphatic heterocycles. The summed E-state index contributed by atoms with van der Waals surface area (Å²) in [6.45, 7) is 6.52. The molecule has 0 bridgehead atoms. The summed E-state index contributed by atoms with van der Waals surface area (Å²) in [7, 11) is 0. The fourth-order valence-corrected chi connectivity index (χ4v) is 1.90. The van der Waals surface area contributed by atoms with Crippen molar-refractivity contribution in [2.75, 3.05) is 0 Å². The number of hydrogen-bond donors (Lipinski definition) is 1. The number of benzene rings is 2. The molecule has 2 aromatic carbocycles. The summed E-state index contributed by atoms with van der Waals surface area (Å²) < 4.78 is 0. The highest BCUT2D eigenvalue weighted by Gasteiger charge is 2.22. The molecule has 1 atom stereocenters. The highest BCUT2D eigenvalue weighted by Crippen LogP contribution is 2.31. The highest BCUT2D eigenvalue weighted by molar-refractivity contribution is 5.83. The van der Waals surface area contributed by atoms with Crippen LogP contribution in [-0.4, -0.2) is 0 Å². The Morgan fingerprint density at radius 2 is 1.56 bits per heavy atom. The first kappa shape index (κ1) is 11.2. The lowest BCUT2D eigenvalue weighted by Crippen LogP contribution is -2.26. The topological polar surface area (TPSA) is 26.0 Å². The lowest BCUT2D eigenvalue weighted by Gasteiger charge is -2.27. The van der Waals surface area contributed by atoms with Crippen LogP contribution in [-0.2, 0) is 0 Å². The maximum Gasteiger partial charge on any atom is 0.0344 e. The average Bonchev–Trinajstić information content (AvgIpc) is 2.26. The Labute approximate surface area is 97.3 Å². The molecule has 84 valence electrons. The maximum atomic E-state index is 6.26. The van der Waals surface area contributed by atoms with Crippen molar-refractivity contribution < 1.29 is 0 Å². The summed E-state index contributed by atoms with van der Waals surface area (Å²) in [4.78, 5) is 0. The number of hydrogen-bond acceptors (Lipinski definition) is 1. The molecule has 16 heavy (non-hydrogen) atoms. The number of nitrogens with two attached hydrogens (primary N) is 1. The third kappa shape index (κ3) is 2.10. The summed E-state index contributed by atoms with van der Waals surface area (Å²) >= 11 is 0. The smallest absolute Gasteiger partial charge is 0.0344 e. The van der Waals surface area contributed by atoms with Crippen molar-refractivity contribution in [2.24, 2.45) is 11.1 Å². The molecule has 1 unspecified atom stereocenters. The van der Waals surface area contributed by atoms with Crippen LogP contribution < -0.4 is 5.73 Å². The largest absolute Gasteiger partial charge is 0.324 e. The zero-order valence-electron chi connectivity index (χ0n) is 10.2. The first-order chi connectivity index (χ1) is 7.48.